The normalized spacial score (nSPS) is 24.0. The van der Waals surface area contributed by atoms with E-state index in [1.165, 1.54) is 0 Å². The van der Waals surface area contributed by atoms with Crippen LogP contribution >= 0.6 is 0 Å². The van der Waals surface area contributed by atoms with Gasteiger partial charge >= 0.3 is 6.03 Å². The monoisotopic (exact) mass is 301 g/mol. The third kappa shape index (κ3) is 2.45. The molecule has 4 amide bonds. The lowest BCUT2D eigenvalue weighted by molar-refractivity contribution is -0.128. The highest BCUT2D eigenvalue weighted by molar-refractivity contribution is 6.06. The highest BCUT2D eigenvalue weighted by Gasteiger charge is 2.51. The molecule has 2 saturated heterocycles. The van der Waals surface area contributed by atoms with E-state index in [0.717, 1.165) is 16.8 Å². The molecule has 6 nitrogen and oxygen atoms in total. The fraction of sp³-hybridized carbons (Fsp3) is 0.438. The van der Waals surface area contributed by atoms with Crippen molar-refractivity contribution < 1.29 is 14.4 Å². The van der Waals surface area contributed by atoms with Crippen LogP contribution in [0.25, 0.3) is 0 Å². The topological polar surface area (TPSA) is 78.5 Å². The Hall–Kier alpha value is -2.37. The van der Waals surface area contributed by atoms with Crippen LogP contribution in [0.4, 0.5) is 10.5 Å². The van der Waals surface area contributed by atoms with Gasteiger partial charge in [-0.05, 0) is 37.5 Å². The smallest absolute Gasteiger partial charge is 0.321 e. The van der Waals surface area contributed by atoms with Gasteiger partial charge in [0.2, 0.25) is 11.8 Å². The van der Waals surface area contributed by atoms with Crippen LogP contribution in [0.1, 0.15) is 24.0 Å². The summed E-state index contributed by atoms with van der Waals surface area (Å²) in [5.74, 6) is -0.499. The van der Waals surface area contributed by atoms with Gasteiger partial charge in [0, 0.05) is 25.2 Å². The first kappa shape index (κ1) is 14.6. The van der Waals surface area contributed by atoms with E-state index in [1.807, 2.05) is 32.0 Å². The molecular formula is C16H19N3O3. The highest BCUT2D eigenvalue weighted by Crippen LogP contribution is 2.37. The molecule has 2 N–H and O–H groups in total. The number of amides is 4. The molecule has 2 aliphatic rings. The first-order chi connectivity index (χ1) is 10.4. The quantitative estimate of drug-likeness (QED) is 0.773. The molecule has 1 aromatic carbocycles. The lowest BCUT2D eigenvalue weighted by Gasteiger charge is -2.21. The largest absolute Gasteiger partial charge is 0.323 e. The van der Waals surface area contributed by atoms with Gasteiger partial charge in [-0.25, -0.2) is 4.79 Å². The Morgan fingerprint density at radius 3 is 2.77 bits per heavy atom. The minimum absolute atomic E-state index is 0.180. The van der Waals surface area contributed by atoms with E-state index < -0.39 is 5.41 Å². The summed E-state index contributed by atoms with van der Waals surface area (Å²) in [5.41, 5.74) is 2.11. The van der Waals surface area contributed by atoms with Gasteiger partial charge in [0.05, 0.1) is 5.41 Å². The van der Waals surface area contributed by atoms with Crippen LogP contribution in [0, 0.1) is 19.3 Å². The number of carbonyl (C=O) groups is 3. The van der Waals surface area contributed by atoms with Crippen molar-refractivity contribution in [3.63, 3.8) is 0 Å². The van der Waals surface area contributed by atoms with Crippen molar-refractivity contribution in [2.75, 3.05) is 18.4 Å². The van der Waals surface area contributed by atoms with Crippen LogP contribution in [-0.2, 0) is 9.59 Å². The number of aryl methyl sites for hydroxylation is 2. The van der Waals surface area contributed by atoms with Gasteiger partial charge in [-0.3, -0.25) is 14.9 Å². The van der Waals surface area contributed by atoms with Gasteiger partial charge in [0.15, 0.2) is 0 Å². The summed E-state index contributed by atoms with van der Waals surface area (Å²) in [6.07, 6.45) is 0.712. The standard InChI is InChI=1S/C16H19N3O3/c1-10-3-4-11(2)12(7-10)17-15(22)19-6-5-16(9-19)8-13(20)18-14(16)21/h3-4,7H,5-6,8-9H2,1-2H3,(H,17,22)(H,18,20,21)/t16-/m1/s1. The number of benzene rings is 1. The fourth-order valence-electron chi connectivity index (χ4n) is 3.13. The second kappa shape index (κ2) is 5.12. The second-order valence-electron chi connectivity index (χ2n) is 6.25. The molecule has 2 heterocycles. The molecule has 2 fully saturated rings. The zero-order valence-electron chi connectivity index (χ0n) is 12.7. The first-order valence-corrected chi connectivity index (χ1v) is 7.37. The maximum Gasteiger partial charge on any atom is 0.321 e. The van der Waals surface area contributed by atoms with Gasteiger partial charge < -0.3 is 10.2 Å². The molecule has 0 bridgehead atoms. The lowest BCUT2D eigenvalue weighted by Crippen LogP contribution is -2.38. The molecule has 0 unspecified atom stereocenters. The Bertz CT molecular complexity index is 671. The number of anilines is 1. The molecule has 0 aliphatic carbocycles. The molecule has 22 heavy (non-hydrogen) atoms. The number of likely N-dealkylation sites (tertiary alicyclic amines) is 1. The molecule has 0 saturated carbocycles. The Labute approximate surface area is 128 Å². The second-order valence-corrected chi connectivity index (χ2v) is 6.25. The lowest BCUT2D eigenvalue weighted by atomic mass is 9.85. The number of nitrogens with zero attached hydrogens (tertiary/aromatic N) is 1. The van der Waals surface area contributed by atoms with Crippen molar-refractivity contribution in [1.29, 1.82) is 0 Å². The van der Waals surface area contributed by atoms with E-state index in [-0.39, 0.29) is 24.3 Å². The number of hydrogen-bond acceptors (Lipinski definition) is 3. The SMILES string of the molecule is Cc1ccc(C)c(NC(=O)N2CC[C@@]3(CC(=O)NC3=O)C2)c1. The van der Waals surface area contributed by atoms with Crippen LogP contribution in [0.5, 0.6) is 0 Å². The molecule has 0 radical (unpaired) electrons. The van der Waals surface area contributed by atoms with Crippen LogP contribution in [-0.4, -0.2) is 35.8 Å². The molecule has 1 spiro atoms. The summed E-state index contributed by atoms with van der Waals surface area (Å²) < 4.78 is 0. The van der Waals surface area contributed by atoms with E-state index >= 15 is 0 Å². The Balaban J connectivity index is 1.71. The molecule has 2 aliphatic heterocycles. The minimum atomic E-state index is -0.726. The Morgan fingerprint density at radius 1 is 1.32 bits per heavy atom. The maximum absolute atomic E-state index is 12.4. The zero-order chi connectivity index (χ0) is 15.9. The number of urea groups is 1. The summed E-state index contributed by atoms with van der Waals surface area (Å²) in [5, 5.41) is 5.23. The predicted octanol–water partition coefficient (Wildman–Crippen LogP) is 1.57. The number of nitrogens with one attached hydrogen (secondary N) is 2. The van der Waals surface area contributed by atoms with Gasteiger partial charge in [0.1, 0.15) is 0 Å². The third-order valence-corrected chi connectivity index (χ3v) is 4.51. The Kier molecular flexibility index (Phi) is 3.39. The van der Waals surface area contributed by atoms with E-state index in [9.17, 15) is 14.4 Å². The van der Waals surface area contributed by atoms with Gasteiger partial charge in [-0.2, -0.15) is 0 Å². The number of rotatable bonds is 1. The van der Waals surface area contributed by atoms with Gasteiger partial charge in [0.25, 0.3) is 0 Å². The maximum atomic E-state index is 12.4. The third-order valence-electron chi connectivity index (χ3n) is 4.51. The molecular weight excluding hydrogens is 282 g/mol. The van der Waals surface area contributed by atoms with Gasteiger partial charge in [-0.1, -0.05) is 12.1 Å². The summed E-state index contributed by atoms with van der Waals surface area (Å²) in [6.45, 7) is 4.68. The molecule has 0 aromatic heterocycles. The number of hydrogen-bond donors (Lipinski definition) is 2. The molecule has 116 valence electrons. The zero-order valence-corrected chi connectivity index (χ0v) is 12.7. The highest BCUT2D eigenvalue weighted by atomic mass is 16.2. The van der Waals surface area contributed by atoms with E-state index in [4.69, 9.17) is 0 Å². The van der Waals surface area contributed by atoms with Crippen LogP contribution in [0.15, 0.2) is 18.2 Å². The minimum Gasteiger partial charge on any atom is -0.323 e. The van der Waals surface area contributed by atoms with Crippen molar-refractivity contribution in [2.45, 2.75) is 26.7 Å². The van der Waals surface area contributed by atoms with Crippen LogP contribution < -0.4 is 10.6 Å². The Morgan fingerprint density at radius 2 is 2.09 bits per heavy atom. The molecule has 3 rings (SSSR count). The average Bonchev–Trinajstić information content (AvgIpc) is 2.99. The summed E-state index contributed by atoms with van der Waals surface area (Å²) >= 11 is 0. The molecule has 1 aromatic rings. The van der Waals surface area contributed by atoms with Crippen molar-refractivity contribution >= 4 is 23.5 Å². The number of carbonyl (C=O) groups excluding carboxylic acids is 3. The van der Waals surface area contributed by atoms with E-state index in [0.29, 0.717) is 19.5 Å². The van der Waals surface area contributed by atoms with Crippen LogP contribution in [0.3, 0.4) is 0 Å². The summed E-state index contributed by atoms with van der Waals surface area (Å²) in [4.78, 5) is 37.4. The van der Waals surface area contributed by atoms with Crippen LogP contribution in [0.2, 0.25) is 0 Å². The van der Waals surface area contributed by atoms with E-state index in [1.54, 1.807) is 4.90 Å². The van der Waals surface area contributed by atoms with E-state index in [2.05, 4.69) is 10.6 Å². The summed E-state index contributed by atoms with van der Waals surface area (Å²) in [7, 11) is 0. The molecule has 1 atom stereocenters. The number of imide groups is 1. The van der Waals surface area contributed by atoms with Crippen molar-refractivity contribution in [3.8, 4) is 0 Å². The van der Waals surface area contributed by atoms with Gasteiger partial charge in [-0.15, -0.1) is 0 Å². The first-order valence-electron chi connectivity index (χ1n) is 7.37. The molecule has 6 heteroatoms. The average molecular weight is 301 g/mol. The predicted molar refractivity (Wildman–Crippen MR) is 81.3 cm³/mol. The van der Waals surface area contributed by atoms with Crippen molar-refractivity contribution in [3.05, 3.63) is 29.3 Å². The summed E-state index contributed by atoms with van der Waals surface area (Å²) in [6, 6.07) is 5.65. The fourth-order valence-corrected chi connectivity index (χ4v) is 3.13. The van der Waals surface area contributed by atoms with Crippen molar-refractivity contribution in [1.82, 2.24) is 10.2 Å². The van der Waals surface area contributed by atoms with Crippen molar-refractivity contribution in [2.24, 2.45) is 5.41 Å².